The van der Waals surface area contributed by atoms with Gasteiger partial charge in [-0.25, -0.2) is 0 Å². The van der Waals surface area contributed by atoms with E-state index in [2.05, 4.69) is 15.4 Å². The van der Waals surface area contributed by atoms with Crippen molar-refractivity contribution in [1.82, 2.24) is 10.6 Å². The van der Waals surface area contributed by atoms with Gasteiger partial charge < -0.3 is 21.1 Å². The fourth-order valence-electron chi connectivity index (χ4n) is 1.66. The Balaban J connectivity index is 4.52. The molecule has 0 aliphatic heterocycles. The Morgan fingerprint density at radius 3 is 2.16 bits per heavy atom. The third kappa shape index (κ3) is 6.19. The van der Waals surface area contributed by atoms with Crippen LogP contribution in [0.3, 0.4) is 0 Å². The average molecular weight is 273 g/mol. The van der Waals surface area contributed by atoms with Gasteiger partial charge in [-0.2, -0.15) is 0 Å². The number of hydrogen-bond donors (Lipinski definition) is 3. The van der Waals surface area contributed by atoms with Crippen LogP contribution in [0, 0.1) is 0 Å². The van der Waals surface area contributed by atoms with Gasteiger partial charge in [0.2, 0.25) is 11.8 Å². The summed E-state index contributed by atoms with van der Waals surface area (Å²) in [6.45, 7) is 3.44. The fourth-order valence-corrected chi connectivity index (χ4v) is 1.66. The van der Waals surface area contributed by atoms with Crippen LogP contribution >= 0.6 is 0 Å². The summed E-state index contributed by atoms with van der Waals surface area (Å²) in [6, 6.07) is 0. The number of rotatable bonds is 8. The van der Waals surface area contributed by atoms with Gasteiger partial charge >= 0.3 is 5.97 Å². The third-order valence-electron chi connectivity index (χ3n) is 3.10. The first-order valence-corrected chi connectivity index (χ1v) is 6.27. The molecule has 0 aliphatic rings. The van der Waals surface area contributed by atoms with Gasteiger partial charge in [0.1, 0.15) is 0 Å². The van der Waals surface area contributed by atoms with Gasteiger partial charge in [-0.05, 0) is 12.8 Å². The second-order valence-electron chi connectivity index (χ2n) is 4.27. The van der Waals surface area contributed by atoms with Crippen molar-refractivity contribution in [3.05, 3.63) is 0 Å². The molecule has 2 amide bonds. The van der Waals surface area contributed by atoms with Crippen LogP contribution in [0.4, 0.5) is 0 Å². The summed E-state index contributed by atoms with van der Waals surface area (Å²) in [4.78, 5) is 34.1. The van der Waals surface area contributed by atoms with Crippen LogP contribution in [0.5, 0.6) is 0 Å². The van der Waals surface area contributed by atoms with E-state index in [9.17, 15) is 14.4 Å². The Morgan fingerprint density at radius 1 is 1.16 bits per heavy atom. The maximum atomic E-state index is 11.7. The van der Waals surface area contributed by atoms with Crippen LogP contribution < -0.4 is 16.4 Å². The first-order valence-electron chi connectivity index (χ1n) is 6.27. The molecule has 0 fully saturated rings. The summed E-state index contributed by atoms with van der Waals surface area (Å²) in [5.41, 5.74) is 4.48. The Hall–Kier alpha value is -1.63. The Kier molecular flexibility index (Phi) is 7.74. The van der Waals surface area contributed by atoms with Crippen LogP contribution in [-0.4, -0.2) is 43.5 Å². The van der Waals surface area contributed by atoms with Crippen molar-refractivity contribution in [2.75, 3.05) is 20.2 Å². The molecule has 0 heterocycles. The summed E-state index contributed by atoms with van der Waals surface area (Å²) in [5.74, 6) is -1.13. The van der Waals surface area contributed by atoms with Crippen molar-refractivity contribution in [2.24, 2.45) is 5.73 Å². The maximum Gasteiger partial charge on any atom is 0.307 e. The number of carbonyl (C=O) groups is 3. The van der Waals surface area contributed by atoms with E-state index < -0.39 is 11.4 Å². The molecule has 0 saturated heterocycles. The molecular formula is C12H23N3O4. The Bertz CT molecular complexity index is 327. The minimum absolute atomic E-state index is 0.104. The van der Waals surface area contributed by atoms with E-state index in [1.165, 1.54) is 7.11 Å². The summed E-state index contributed by atoms with van der Waals surface area (Å²) < 4.78 is 4.63. The molecule has 4 N–H and O–H groups in total. The first-order chi connectivity index (χ1) is 8.92. The van der Waals surface area contributed by atoms with Crippen LogP contribution in [0.15, 0.2) is 0 Å². The Labute approximate surface area is 113 Å². The Morgan fingerprint density at radius 2 is 1.74 bits per heavy atom. The van der Waals surface area contributed by atoms with Crippen molar-refractivity contribution in [3.63, 3.8) is 0 Å². The highest BCUT2D eigenvalue weighted by Gasteiger charge is 2.31. The highest BCUT2D eigenvalue weighted by Crippen LogP contribution is 2.20. The number of ether oxygens (including phenoxy) is 1. The predicted molar refractivity (Wildman–Crippen MR) is 70.2 cm³/mol. The van der Waals surface area contributed by atoms with Gasteiger partial charge in [0.25, 0.3) is 0 Å². The molecule has 0 aliphatic carbocycles. The number of carbonyl (C=O) groups excluding carboxylic acids is 3. The third-order valence-corrected chi connectivity index (χ3v) is 3.10. The molecule has 0 aromatic carbocycles. The fraction of sp³-hybridized carbons (Fsp3) is 0.750. The standard InChI is InChI=1S/C12H23N3O4/c1-4-12(5-2,6-11(18)19-3)15-10(17)8-14-9(16)7-13/h4-8,13H2,1-3H3,(H,14,16)(H,15,17). The van der Waals surface area contributed by atoms with Crippen LogP contribution in [-0.2, 0) is 19.1 Å². The lowest BCUT2D eigenvalue weighted by atomic mass is 9.89. The van der Waals surface area contributed by atoms with Crippen molar-refractivity contribution in [1.29, 1.82) is 0 Å². The largest absolute Gasteiger partial charge is 0.469 e. The highest BCUT2D eigenvalue weighted by molar-refractivity contribution is 5.86. The van der Waals surface area contributed by atoms with Crippen LogP contribution in [0.2, 0.25) is 0 Å². The molecule has 0 spiro atoms. The van der Waals surface area contributed by atoms with Gasteiger partial charge in [0.05, 0.1) is 32.2 Å². The molecule has 7 heteroatoms. The van der Waals surface area contributed by atoms with Gasteiger partial charge in [0, 0.05) is 0 Å². The van der Waals surface area contributed by atoms with Crippen molar-refractivity contribution >= 4 is 17.8 Å². The number of esters is 1. The summed E-state index contributed by atoms with van der Waals surface area (Å²) in [6.07, 6.45) is 1.29. The van der Waals surface area contributed by atoms with E-state index in [4.69, 9.17) is 5.73 Å². The highest BCUT2D eigenvalue weighted by atomic mass is 16.5. The number of methoxy groups -OCH3 is 1. The molecule has 0 aromatic heterocycles. The summed E-state index contributed by atoms with van der Waals surface area (Å²) in [5, 5.41) is 5.16. The predicted octanol–water partition coefficient (Wildman–Crippen LogP) is -0.701. The minimum Gasteiger partial charge on any atom is -0.469 e. The second kappa shape index (κ2) is 8.47. The summed E-state index contributed by atoms with van der Waals surface area (Å²) >= 11 is 0. The quantitative estimate of drug-likeness (QED) is 0.506. The number of amides is 2. The van der Waals surface area contributed by atoms with E-state index in [0.717, 1.165) is 0 Å². The lowest BCUT2D eigenvalue weighted by Crippen LogP contribution is -2.52. The van der Waals surface area contributed by atoms with Crippen molar-refractivity contribution in [3.8, 4) is 0 Å². The zero-order chi connectivity index (χ0) is 14.9. The molecule has 0 saturated carbocycles. The molecule has 0 aromatic rings. The number of hydrogen-bond acceptors (Lipinski definition) is 5. The monoisotopic (exact) mass is 273 g/mol. The molecule has 0 rings (SSSR count). The smallest absolute Gasteiger partial charge is 0.307 e. The van der Waals surface area contributed by atoms with Gasteiger partial charge in [-0.15, -0.1) is 0 Å². The zero-order valence-corrected chi connectivity index (χ0v) is 11.7. The normalized spacial score (nSPS) is 10.7. The molecule has 19 heavy (non-hydrogen) atoms. The first kappa shape index (κ1) is 17.4. The van der Waals surface area contributed by atoms with Crippen molar-refractivity contribution < 1.29 is 19.1 Å². The number of nitrogens with two attached hydrogens (primary N) is 1. The number of nitrogens with one attached hydrogen (secondary N) is 2. The molecule has 110 valence electrons. The topological polar surface area (TPSA) is 111 Å². The SMILES string of the molecule is CCC(CC)(CC(=O)OC)NC(=O)CNC(=O)CN. The molecule has 0 radical (unpaired) electrons. The van der Waals surface area contributed by atoms with Gasteiger partial charge in [0.15, 0.2) is 0 Å². The van der Waals surface area contributed by atoms with Crippen LogP contribution in [0.25, 0.3) is 0 Å². The second-order valence-corrected chi connectivity index (χ2v) is 4.27. The minimum atomic E-state index is -0.641. The van der Waals surface area contributed by atoms with E-state index in [1.54, 1.807) is 0 Å². The van der Waals surface area contributed by atoms with Crippen molar-refractivity contribution in [2.45, 2.75) is 38.6 Å². The van der Waals surface area contributed by atoms with E-state index >= 15 is 0 Å². The van der Waals surface area contributed by atoms with Gasteiger partial charge in [-0.1, -0.05) is 13.8 Å². The lowest BCUT2D eigenvalue weighted by Gasteiger charge is -2.31. The van der Waals surface area contributed by atoms with Crippen LogP contribution in [0.1, 0.15) is 33.1 Å². The molecule has 0 atom stereocenters. The van der Waals surface area contributed by atoms with E-state index in [0.29, 0.717) is 12.8 Å². The molecule has 7 nitrogen and oxygen atoms in total. The molecular weight excluding hydrogens is 250 g/mol. The van der Waals surface area contributed by atoms with E-state index in [-0.39, 0.29) is 31.4 Å². The molecule has 0 bridgehead atoms. The maximum absolute atomic E-state index is 11.7. The lowest BCUT2D eigenvalue weighted by molar-refractivity contribution is -0.143. The average Bonchev–Trinajstić information content (AvgIpc) is 2.43. The molecule has 0 unspecified atom stereocenters. The zero-order valence-electron chi connectivity index (χ0n) is 11.7. The van der Waals surface area contributed by atoms with E-state index in [1.807, 2.05) is 13.8 Å². The van der Waals surface area contributed by atoms with Gasteiger partial charge in [-0.3, -0.25) is 14.4 Å². The summed E-state index contributed by atoms with van der Waals surface area (Å²) in [7, 11) is 1.31.